The van der Waals surface area contributed by atoms with Gasteiger partial charge in [-0.15, -0.1) is 0 Å². The molecule has 1 amide bonds. The van der Waals surface area contributed by atoms with Crippen LogP contribution in [0.2, 0.25) is 0 Å². The molecule has 3 nitrogen and oxygen atoms in total. The zero-order valence-corrected chi connectivity index (χ0v) is 6.99. The fraction of sp³-hybridized carbons (Fsp3) is 0.222. The molecule has 1 unspecified atom stereocenters. The normalized spacial score (nSPS) is 13.6. The number of hydrogen-bond donors (Lipinski definition) is 2. The smallest absolute Gasteiger partial charge is 0.234 e. The van der Waals surface area contributed by atoms with E-state index in [4.69, 9.17) is 11.5 Å². The Bertz CT molecular complexity index is 219. The third kappa shape index (κ3) is 3.73. The molecule has 0 aromatic carbocycles. The zero-order valence-electron chi connectivity index (χ0n) is 6.99. The molecular weight excluding hydrogens is 152 g/mol. The third-order valence-corrected chi connectivity index (χ3v) is 1.42. The van der Waals surface area contributed by atoms with Crippen molar-refractivity contribution >= 4 is 5.91 Å². The molecule has 0 fully saturated rings. The Morgan fingerprint density at radius 3 is 2.42 bits per heavy atom. The quantitative estimate of drug-likeness (QED) is 0.583. The van der Waals surface area contributed by atoms with E-state index in [1.807, 2.05) is 0 Å². The van der Waals surface area contributed by atoms with Crippen LogP contribution in [0.1, 0.15) is 6.42 Å². The molecule has 12 heavy (non-hydrogen) atoms. The monoisotopic (exact) mass is 166 g/mol. The highest BCUT2D eigenvalue weighted by Gasteiger charge is 2.09. The van der Waals surface area contributed by atoms with E-state index < -0.39 is 11.9 Å². The van der Waals surface area contributed by atoms with E-state index in [0.717, 1.165) is 5.57 Å². The maximum Gasteiger partial charge on any atom is 0.234 e. The number of hydrogen-bond acceptors (Lipinski definition) is 2. The maximum absolute atomic E-state index is 10.6. The number of primary amides is 1. The molecule has 0 rings (SSSR count). The number of rotatable bonds is 5. The van der Waals surface area contributed by atoms with Crippen molar-refractivity contribution in [2.75, 3.05) is 0 Å². The van der Waals surface area contributed by atoms with Crippen LogP contribution in [-0.2, 0) is 4.79 Å². The van der Waals surface area contributed by atoms with E-state index in [2.05, 4.69) is 13.2 Å². The molecule has 0 saturated heterocycles. The summed E-state index contributed by atoms with van der Waals surface area (Å²) in [5.41, 5.74) is 11.3. The predicted molar refractivity (Wildman–Crippen MR) is 50.3 cm³/mol. The van der Waals surface area contributed by atoms with Crippen LogP contribution in [0, 0.1) is 0 Å². The van der Waals surface area contributed by atoms with Crippen molar-refractivity contribution in [2.24, 2.45) is 11.5 Å². The van der Waals surface area contributed by atoms with E-state index >= 15 is 0 Å². The summed E-state index contributed by atoms with van der Waals surface area (Å²) in [5, 5.41) is 0. The molecule has 66 valence electrons. The molecule has 0 bridgehead atoms. The summed E-state index contributed by atoms with van der Waals surface area (Å²) >= 11 is 0. The first-order valence-corrected chi connectivity index (χ1v) is 3.60. The van der Waals surface area contributed by atoms with Gasteiger partial charge < -0.3 is 11.5 Å². The predicted octanol–water partition coefficient (Wildman–Crippen LogP) is 0.488. The molecule has 0 aliphatic carbocycles. The van der Waals surface area contributed by atoms with Crippen LogP contribution in [0.25, 0.3) is 0 Å². The first-order valence-electron chi connectivity index (χ1n) is 3.60. The summed E-state index contributed by atoms with van der Waals surface area (Å²) < 4.78 is 0. The Labute approximate surface area is 72.4 Å². The molecule has 0 aliphatic rings. The Balaban J connectivity index is 4.20. The molecule has 0 aromatic heterocycles. The summed E-state index contributed by atoms with van der Waals surface area (Å²) in [4.78, 5) is 10.6. The van der Waals surface area contributed by atoms with E-state index in [0.29, 0.717) is 6.42 Å². The Kier molecular flexibility index (Phi) is 4.72. The second-order valence-electron chi connectivity index (χ2n) is 2.39. The lowest BCUT2D eigenvalue weighted by molar-refractivity contribution is -0.119. The molecule has 1 atom stereocenters. The van der Waals surface area contributed by atoms with Gasteiger partial charge in [0, 0.05) is 0 Å². The number of nitrogens with two attached hydrogens (primary N) is 2. The van der Waals surface area contributed by atoms with Gasteiger partial charge in [-0.3, -0.25) is 4.79 Å². The number of carbonyl (C=O) groups excluding carboxylic acids is 1. The van der Waals surface area contributed by atoms with Crippen molar-refractivity contribution in [2.45, 2.75) is 12.5 Å². The SMILES string of the molecule is C=C/C=C(\C=C)CC(N)C(N)=O. The highest BCUT2D eigenvalue weighted by atomic mass is 16.1. The minimum atomic E-state index is -0.644. The molecule has 0 spiro atoms. The van der Waals surface area contributed by atoms with Gasteiger partial charge in [0.25, 0.3) is 0 Å². The van der Waals surface area contributed by atoms with Crippen LogP contribution in [-0.4, -0.2) is 11.9 Å². The first-order chi connectivity index (χ1) is 5.61. The molecule has 0 radical (unpaired) electrons. The average molecular weight is 166 g/mol. The van der Waals surface area contributed by atoms with Crippen molar-refractivity contribution in [3.8, 4) is 0 Å². The molecular formula is C9H14N2O. The van der Waals surface area contributed by atoms with Crippen LogP contribution >= 0.6 is 0 Å². The van der Waals surface area contributed by atoms with Gasteiger partial charge >= 0.3 is 0 Å². The number of allylic oxidation sites excluding steroid dienone is 3. The Morgan fingerprint density at radius 1 is 1.50 bits per heavy atom. The van der Waals surface area contributed by atoms with Gasteiger partial charge in [0.15, 0.2) is 0 Å². The summed E-state index contributed by atoms with van der Waals surface area (Å²) in [6, 6.07) is -0.644. The summed E-state index contributed by atoms with van der Waals surface area (Å²) in [5.74, 6) is -0.508. The number of amides is 1. The van der Waals surface area contributed by atoms with Crippen LogP contribution < -0.4 is 11.5 Å². The van der Waals surface area contributed by atoms with Gasteiger partial charge in [-0.05, 0) is 12.0 Å². The highest BCUT2D eigenvalue weighted by molar-refractivity contribution is 5.80. The van der Waals surface area contributed by atoms with E-state index in [9.17, 15) is 4.79 Å². The lowest BCUT2D eigenvalue weighted by atomic mass is 10.1. The van der Waals surface area contributed by atoms with E-state index in [1.165, 1.54) is 0 Å². The van der Waals surface area contributed by atoms with Gasteiger partial charge in [-0.1, -0.05) is 31.4 Å². The zero-order chi connectivity index (χ0) is 9.56. The second kappa shape index (κ2) is 5.32. The summed E-state index contributed by atoms with van der Waals surface area (Å²) in [6.07, 6.45) is 5.40. The molecule has 0 aromatic rings. The topological polar surface area (TPSA) is 69.1 Å². The molecule has 0 aliphatic heterocycles. The van der Waals surface area contributed by atoms with E-state index in [1.54, 1.807) is 18.2 Å². The highest BCUT2D eigenvalue weighted by Crippen LogP contribution is 2.04. The molecule has 0 heterocycles. The Morgan fingerprint density at radius 2 is 2.08 bits per heavy atom. The minimum Gasteiger partial charge on any atom is -0.368 e. The maximum atomic E-state index is 10.6. The molecule has 0 saturated carbocycles. The van der Waals surface area contributed by atoms with E-state index in [-0.39, 0.29) is 0 Å². The summed E-state index contributed by atoms with van der Waals surface area (Å²) in [7, 11) is 0. The van der Waals surface area contributed by atoms with Gasteiger partial charge in [0.05, 0.1) is 6.04 Å². The average Bonchev–Trinajstić information content (AvgIpc) is 2.03. The standard InChI is InChI=1S/C9H14N2O/c1-3-5-7(4-2)6-8(10)9(11)12/h3-5,8H,1-2,6,10H2,(H2,11,12)/b7-5+. The second-order valence-corrected chi connectivity index (χ2v) is 2.39. The van der Waals surface area contributed by atoms with Crippen LogP contribution in [0.3, 0.4) is 0 Å². The van der Waals surface area contributed by atoms with Gasteiger partial charge in [-0.25, -0.2) is 0 Å². The van der Waals surface area contributed by atoms with Gasteiger partial charge in [0.2, 0.25) is 5.91 Å². The molecule has 3 heteroatoms. The fourth-order valence-corrected chi connectivity index (χ4v) is 0.725. The van der Waals surface area contributed by atoms with Crippen molar-refractivity contribution in [3.63, 3.8) is 0 Å². The lowest BCUT2D eigenvalue weighted by Crippen LogP contribution is -2.36. The third-order valence-electron chi connectivity index (χ3n) is 1.42. The lowest BCUT2D eigenvalue weighted by Gasteiger charge is -2.06. The van der Waals surface area contributed by atoms with Crippen molar-refractivity contribution in [1.29, 1.82) is 0 Å². The van der Waals surface area contributed by atoms with Gasteiger partial charge in [-0.2, -0.15) is 0 Å². The minimum absolute atomic E-state index is 0.408. The van der Waals surface area contributed by atoms with Gasteiger partial charge in [0.1, 0.15) is 0 Å². The van der Waals surface area contributed by atoms with Crippen LogP contribution in [0.4, 0.5) is 0 Å². The molecule has 4 N–H and O–H groups in total. The first kappa shape index (κ1) is 10.7. The van der Waals surface area contributed by atoms with Crippen molar-refractivity contribution < 1.29 is 4.79 Å². The van der Waals surface area contributed by atoms with Crippen molar-refractivity contribution in [3.05, 3.63) is 37.0 Å². The largest absolute Gasteiger partial charge is 0.368 e. The van der Waals surface area contributed by atoms with Crippen LogP contribution in [0.15, 0.2) is 37.0 Å². The fourth-order valence-electron chi connectivity index (χ4n) is 0.725. The van der Waals surface area contributed by atoms with Crippen LogP contribution in [0.5, 0.6) is 0 Å². The van der Waals surface area contributed by atoms with Crippen molar-refractivity contribution in [1.82, 2.24) is 0 Å². The number of carbonyl (C=O) groups is 1. The summed E-state index contributed by atoms with van der Waals surface area (Å²) in [6.45, 7) is 7.09. The Hall–Kier alpha value is -1.35.